The van der Waals surface area contributed by atoms with Gasteiger partial charge < -0.3 is 15.4 Å². The number of carbonyl (C=O) groups excluding carboxylic acids is 1. The second-order valence-electron chi connectivity index (χ2n) is 6.97. The van der Waals surface area contributed by atoms with Crippen molar-refractivity contribution in [1.82, 2.24) is 10.6 Å². The molecule has 1 aliphatic rings. The van der Waals surface area contributed by atoms with Crippen molar-refractivity contribution >= 4 is 18.3 Å². The number of amides is 1. The zero-order chi connectivity index (χ0) is 16.9. The highest BCUT2D eigenvalue weighted by Crippen LogP contribution is 2.30. The summed E-state index contributed by atoms with van der Waals surface area (Å²) in [5, 5.41) is 6.36. The topological polar surface area (TPSA) is 50.4 Å². The van der Waals surface area contributed by atoms with Gasteiger partial charge in [-0.25, -0.2) is 4.39 Å². The van der Waals surface area contributed by atoms with Crippen LogP contribution in [-0.2, 0) is 14.9 Å². The Labute approximate surface area is 149 Å². The first-order chi connectivity index (χ1) is 10.9. The maximum absolute atomic E-state index is 14.0. The second kappa shape index (κ2) is 8.79. The summed E-state index contributed by atoms with van der Waals surface area (Å²) in [7, 11) is 1.69. The quantitative estimate of drug-likeness (QED) is 0.822. The number of carbonyl (C=O) groups is 1. The van der Waals surface area contributed by atoms with Gasteiger partial charge in [0.05, 0.1) is 12.0 Å². The molecule has 0 bridgehead atoms. The molecule has 136 valence electrons. The van der Waals surface area contributed by atoms with E-state index in [1.165, 1.54) is 6.07 Å². The van der Waals surface area contributed by atoms with Crippen molar-refractivity contribution < 1.29 is 13.9 Å². The van der Waals surface area contributed by atoms with E-state index >= 15 is 0 Å². The van der Waals surface area contributed by atoms with Crippen LogP contribution in [0.2, 0.25) is 0 Å². The van der Waals surface area contributed by atoms with Crippen molar-refractivity contribution in [3.8, 4) is 0 Å². The molecule has 1 amide bonds. The Morgan fingerprint density at radius 2 is 1.96 bits per heavy atom. The fourth-order valence-corrected chi connectivity index (χ4v) is 3.21. The molecule has 4 nitrogen and oxygen atoms in total. The Bertz CT molecular complexity index is 540. The van der Waals surface area contributed by atoms with E-state index in [-0.39, 0.29) is 29.5 Å². The molecule has 24 heavy (non-hydrogen) atoms. The molecule has 1 aliphatic heterocycles. The van der Waals surface area contributed by atoms with Crippen molar-refractivity contribution in [2.75, 3.05) is 33.4 Å². The van der Waals surface area contributed by atoms with Gasteiger partial charge in [-0.15, -0.1) is 12.4 Å². The maximum atomic E-state index is 14.0. The van der Waals surface area contributed by atoms with E-state index in [1.54, 1.807) is 39.2 Å². The SMILES string of the molecule is COCC1(CNC(=O)C(C)(C)c2ccccc2F)CCNCC1.Cl. The number of hydrogen-bond donors (Lipinski definition) is 2. The summed E-state index contributed by atoms with van der Waals surface area (Å²) in [5.74, 6) is -0.502. The molecule has 1 fully saturated rings. The summed E-state index contributed by atoms with van der Waals surface area (Å²) in [6, 6.07) is 6.45. The van der Waals surface area contributed by atoms with Crippen LogP contribution in [0.4, 0.5) is 4.39 Å². The number of benzene rings is 1. The summed E-state index contributed by atoms with van der Waals surface area (Å²) < 4.78 is 19.4. The Kier molecular flexibility index (Phi) is 7.64. The molecule has 2 rings (SSSR count). The lowest BCUT2D eigenvalue weighted by Gasteiger charge is -2.38. The Balaban J connectivity index is 0.00000288. The van der Waals surface area contributed by atoms with Gasteiger partial charge in [0.1, 0.15) is 5.82 Å². The second-order valence-corrected chi connectivity index (χ2v) is 6.97. The number of rotatable bonds is 6. The van der Waals surface area contributed by atoms with Crippen LogP contribution >= 0.6 is 12.4 Å². The van der Waals surface area contributed by atoms with Crippen LogP contribution in [0.15, 0.2) is 24.3 Å². The standard InChI is InChI=1S/C18H27FN2O2.ClH/c1-17(2,14-6-4-5-7-15(14)19)16(22)21-12-18(13-23-3)8-10-20-11-9-18;/h4-7,20H,8-13H2,1-3H3,(H,21,22);1H. The van der Waals surface area contributed by atoms with Crippen molar-refractivity contribution in [3.05, 3.63) is 35.6 Å². The number of nitrogens with one attached hydrogen (secondary N) is 2. The molecular formula is C18H28ClFN2O2. The predicted molar refractivity (Wildman–Crippen MR) is 96.1 cm³/mol. The van der Waals surface area contributed by atoms with Crippen molar-refractivity contribution in [1.29, 1.82) is 0 Å². The molecule has 1 aromatic carbocycles. The summed E-state index contributed by atoms with van der Waals surface area (Å²) in [4.78, 5) is 12.7. The zero-order valence-corrected chi connectivity index (χ0v) is 15.5. The number of ether oxygens (including phenoxy) is 1. The van der Waals surface area contributed by atoms with Crippen LogP contribution in [0.1, 0.15) is 32.3 Å². The maximum Gasteiger partial charge on any atom is 0.230 e. The highest BCUT2D eigenvalue weighted by molar-refractivity contribution is 5.87. The Hall–Kier alpha value is -1.17. The molecule has 0 spiro atoms. The normalized spacial score (nSPS) is 17.0. The van der Waals surface area contributed by atoms with Crippen LogP contribution in [0.25, 0.3) is 0 Å². The zero-order valence-electron chi connectivity index (χ0n) is 14.7. The van der Waals surface area contributed by atoms with Gasteiger partial charge in [-0.05, 0) is 45.8 Å². The van der Waals surface area contributed by atoms with Crippen molar-refractivity contribution in [2.45, 2.75) is 32.1 Å². The lowest BCUT2D eigenvalue weighted by Crippen LogP contribution is -2.50. The van der Waals surface area contributed by atoms with Gasteiger partial charge in [0.25, 0.3) is 0 Å². The van der Waals surface area contributed by atoms with E-state index in [4.69, 9.17) is 4.74 Å². The van der Waals surface area contributed by atoms with Gasteiger partial charge in [-0.3, -0.25) is 4.79 Å². The molecule has 1 saturated heterocycles. The van der Waals surface area contributed by atoms with Gasteiger partial charge in [-0.1, -0.05) is 18.2 Å². The van der Waals surface area contributed by atoms with E-state index in [1.807, 2.05) is 0 Å². The first-order valence-electron chi connectivity index (χ1n) is 8.14. The summed E-state index contributed by atoms with van der Waals surface area (Å²) in [5.41, 5.74) is -0.531. The van der Waals surface area contributed by atoms with E-state index in [0.29, 0.717) is 18.7 Å². The highest BCUT2D eigenvalue weighted by atomic mass is 35.5. The van der Waals surface area contributed by atoms with E-state index in [9.17, 15) is 9.18 Å². The van der Waals surface area contributed by atoms with Gasteiger partial charge >= 0.3 is 0 Å². The molecule has 0 unspecified atom stereocenters. The average molecular weight is 359 g/mol. The van der Waals surface area contributed by atoms with E-state index in [0.717, 1.165) is 25.9 Å². The third-order valence-corrected chi connectivity index (χ3v) is 4.85. The third kappa shape index (κ3) is 4.68. The van der Waals surface area contributed by atoms with Gasteiger partial charge in [0.2, 0.25) is 5.91 Å². The van der Waals surface area contributed by atoms with Crippen molar-refractivity contribution in [2.24, 2.45) is 5.41 Å². The van der Waals surface area contributed by atoms with Crippen LogP contribution in [-0.4, -0.2) is 39.3 Å². The number of piperidine rings is 1. The molecule has 1 heterocycles. The van der Waals surface area contributed by atoms with Crippen LogP contribution in [0, 0.1) is 11.2 Å². The molecule has 0 saturated carbocycles. The van der Waals surface area contributed by atoms with E-state index in [2.05, 4.69) is 10.6 Å². The van der Waals surface area contributed by atoms with E-state index < -0.39 is 5.41 Å². The summed E-state index contributed by atoms with van der Waals surface area (Å²) in [6.07, 6.45) is 1.92. The molecule has 0 aromatic heterocycles. The smallest absolute Gasteiger partial charge is 0.230 e. The van der Waals surface area contributed by atoms with Gasteiger partial charge in [0, 0.05) is 24.6 Å². The minimum absolute atomic E-state index is 0. The third-order valence-electron chi connectivity index (χ3n) is 4.85. The fourth-order valence-electron chi connectivity index (χ4n) is 3.21. The number of methoxy groups -OCH3 is 1. The molecule has 1 aromatic rings. The van der Waals surface area contributed by atoms with Crippen LogP contribution < -0.4 is 10.6 Å². The monoisotopic (exact) mass is 358 g/mol. The average Bonchev–Trinajstić information content (AvgIpc) is 2.54. The summed E-state index contributed by atoms with van der Waals surface area (Å²) >= 11 is 0. The first kappa shape index (κ1) is 20.9. The Morgan fingerprint density at radius 1 is 1.33 bits per heavy atom. The molecule has 0 radical (unpaired) electrons. The largest absolute Gasteiger partial charge is 0.384 e. The minimum atomic E-state index is -0.910. The fraction of sp³-hybridized carbons (Fsp3) is 0.611. The number of halogens is 2. The molecular weight excluding hydrogens is 331 g/mol. The molecule has 0 atom stereocenters. The van der Waals surface area contributed by atoms with Crippen molar-refractivity contribution in [3.63, 3.8) is 0 Å². The molecule has 6 heteroatoms. The first-order valence-corrected chi connectivity index (χ1v) is 8.14. The minimum Gasteiger partial charge on any atom is -0.384 e. The highest BCUT2D eigenvalue weighted by Gasteiger charge is 2.36. The lowest BCUT2D eigenvalue weighted by atomic mass is 9.78. The predicted octanol–water partition coefficient (Wildman–Crippen LogP) is 2.66. The molecule has 2 N–H and O–H groups in total. The van der Waals surface area contributed by atoms with Gasteiger partial charge in [0.15, 0.2) is 0 Å². The van der Waals surface area contributed by atoms with Crippen LogP contribution in [0.3, 0.4) is 0 Å². The lowest BCUT2D eigenvalue weighted by molar-refractivity contribution is -0.126. The summed E-state index contributed by atoms with van der Waals surface area (Å²) in [6.45, 7) is 6.54. The van der Waals surface area contributed by atoms with Gasteiger partial charge in [-0.2, -0.15) is 0 Å². The molecule has 0 aliphatic carbocycles. The van der Waals surface area contributed by atoms with Crippen LogP contribution in [0.5, 0.6) is 0 Å². The number of hydrogen-bond acceptors (Lipinski definition) is 3. The Morgan fingerprint density at radius 3 is 2.54 bits per heavy atom.